The fourth-order valence-corrected chi connectivity index (χ4v) is 1.79. The molecule has 1 rings (SSSR count). The number of hydrogen-bond donors (Lipinski definition) is 1. The van der Waals surface area contributed by atoms with Gasteiger partial charge in [-0.05, 0) is 39.3 Å². The van der Waals surface area contributed by atoms with E-state index in [1.54, 1.807) is 0 Å². The van der Waals surface area contributed by atoms with Gasteiger partial charge in [0.05, 0.1) is 5.69 Å². The maximum atomic E-state index is 5.80. The number of hydrogen-bond acceptors (Lipinski definition) is 4. The molecule has 0 bridgehead atoms. The zero-order valence-electron chi connectivity index (χ0n) is 12.0. The molecule has 0 aliphatic carbocycles. The first-order chi connectivity index (χ1) is 8.66. The van der Waals surface area contributed by atoms with Crippen LogP contribution in [0.15, 0.2) is 12.3 Å². The van der Waals surface area contributed by atoms with E-state index in [-0.39, 0.29) is 5.60 Å². The van der Waals surface area contributed by atoms with Gasteiger partial charge in [0.25, 0.3) is 0 Å². The Bertz CT molecular complexity index is 357. The Balaban J connectivity index is 2.79. The fraction of sp³-hybridized carbons (Fsp3) is 0.714. The second-order valence-corrected chi connectivity index (χ2v) is 4.57. The van der Waals surface area contributed by atoms with Gasteiger partial charge in [0, 0.05) is 19.3 Å². The average Bonchev–Trinajstić information content (AvgIpc) is 2.39. The summed E-state index contributed by atoms with van der Waals surface area (Å²) in [6.07, 6.45) is 3.81. The SMILES string of the molecule is CCCNCc1ccnc(C(C)(CC)OCC)n1. The van der Waals surface area contributed by atoms with Gasteiger partial charge >= 0.3 is 0 Å². The highest BCUT2D eigenvalue weighted by atomic mass is 16.5. The summed E-state index contributed by atoms with van der Waals surface area (Å²) < 4.78 is 5.80. The normalized spacial score (nSPS) is 14.4. The van der Waals surface area contributed by atoms with Gasteiger partial charge in [-0.15, -0.1) is 0 Å². The number of rotatable bonds is 8. The van der Waals surface area contributed by atoms with Gasteiger partial charge in [0.2, 0.25) is 0 Å². The van der Waals surface area contributed by atoms with E-state index in [1.165, 1.54) is 0 Å². The summed E-state index contributed by atoms with van der Waals surface area (Å²) >= 11 is 0. The molecule has 1 aromatic rings. The molecule has 0 fully saturated rings. The van der Waals surface area contributed by atoms with Crippen molar-refractivity contribution in [2.75, 3.05) is 13.2 Å². The average molecular weight is 251 g/mol. The van der Waals surface area contributed by atoms with E-state index >= 15 is 0 Å². The van der Waals surface area contributed by atoms with E-state index in [9.17, 15) is 0 Å². The standard InChI is InChI=1S/C14H25N3O/c1-5-9-15-11-12-8-10-16-13(17-12)14(4,6-2)18-7-3/h8,10,15H,5-7,9,11H2,1-4H3. The Morgan fingerprint density at radius 3 is 2.72 bits per heavy atom. The molecule has 1 unspecified atom stereocenters. The van der Waals surface area contributed by atoms with Gasteiger partial charge in [0.15, 0.2) is 5.82 Å². The van der Waals surface area contributed by atoms with Crippen LogP contribution in [0, 0.1) is 0 Å². The molecule has 0 aliphatic rings. The molecule has 1 aromatic heterocycles. The Hall–Kier alpha value is -1.00. The molecule has 102 valence electrons. The molecule has 0 aliphatic heterocycles. The number of nitrogens with one attached hydrogen (secondary N) is 1. The summed E-state index contributed by atoms with van der Waals surface area (Å²) in [4.78, 5) is 8.97. The fourth-order valence-electron chi connectivity index (χ4n) is 1.79. The molecule has 1 atom stereocenters. The molecule has 0 saturated carbocycles. The predicted octanol–water partition coefficient (Wildman–Crippen LogP) is 2.64. The van der Waals surface area contributed by atoms with Crippen LogP contribution < -0.4 is 5.32 Å². The third-order valence-corrected chi connectivity index (χ3v) is 3.06. The van der Waals surface area contributed by atoms with Crippen molar-refractivity contribution in [3.05, 3.63) is 23.8 Å². The molecule has 0 amide bonds. The summed E-state index contributed by atoms with van der Waals surface area (Å²) in [5.41, 5.74) is 0.642. The molecule has 18 heavy (non-hydrogen) atoms. The number of aromatic nitrogens is 2. The van der Waals surface area contributed by atoms with Crippen molar-refractivity contribution in [2.45, 2.75) is 52.7 Å². The second-order valence-electron chi connectivity index (χ2n) is 4.57. The van der Waals surface area contributed by atoms with Crippen molar-refractivity contribution in [3.63, 3.8) is 0 Å². The molecule has 0 spiro atoms. The highest BCUT2D eigenvalue weighted by Crippen LogP contribution is 2.25. The first kappa shape index (κ1) is 15.1. The molecule has 4 heteroatoms. The van der Waals surface area contributed by atoms with Crippen LogP contribution in [0.1, 0.15) is 52.1 Å². The van der Waals surface area contributed by atoms with Gasteiger partial charge in [-0.1, -0.05) is 13.8 Å². The molecule has 1 heterocycles. The molecule has 0 radical (unpaired) electrons. The number of ether oxygens (including phenoxy) is 1. The Morgan fingerprint density at radius 2 is 2.11 bits per heavy atom. The lowest BCUT2D eigenvalue weighted by molar-refractivity contribution is -0.0392. The van der Waals surface area contributed by atoms with Crippen LogP contribution in [0.3, 0.4) is 0 Å². The van der Waals surface area contributed by atoms with Crippen molar-refractivity contribution in [3.8, 4) is 0 Å². The van der Waals surface area contributed by atoms with E-state index < -0.39 is 0 Å². The molecular formula is C14H25N3O. The van der Waals surface area contributed by atoms with Crippen molar-refractivity contribution >= 4 is 0 Å². The zero-order valence-corrected chi connectivity index (χ0v) is 12.0. The van der Waals surface area contributed by atoms with Crippen LogP contribution in [0.4, 0.5) is 0 Å². The summed E-state index contributed by atoms with van der Waals surface area (Å²) in [6, 6.07) is 1.95. The first-order valence-electron chi connectivity index (χ1n) is 6.83. The summed E-state index contributed by atoms with van der Waals surface area (Å²) in [5.74, 6) is 0.780. The largest absolute Gasteiger partial charge is 0.368 e. The van der Waals surface area contributed by atoms with Crippen molar-refractivity contribution in [2.24, 2.45) is 0 Å². The minimum Gasteiger partial charge on any atom is -0.368 e. The maximum absolute atomic E-state index is 5.80. The monoisotopic (exact) mass is 251 g/mol. The van der Waals surface area contributed by atoms with Crippen LogP contribution in [0.5, 0.6) is 0 Å². The van der Waals surface area contributed by atoms with Crippen LogP contribution >= 0.6 is 0 Å². The molecular weight excluding hydrogens is 226 g/mol. The molecule has 1 N–H and O–H groups in total. The number of nitrogens with zero attached hydrogens (tertiary/aromatic N) is 2. The lowest BCUT2D eigenvalue weighted by Crippen LogP contribution is -2.28. The Morgan fingerprint density at radius 1 is 1.33 bits per heavy atom. The van der Waals surface area contributed by atoms with E-state index in [2.05, 4.69) is 36.1 Å². The van der Waals surface area contributed by atoms with Crippen LogP contribution in [0.2, 0.25) is 0 Å². The topological polar surface area (TPSA) is 47.0 Å². The van der Waals surface area contributed by atoms with Crippen molar-refractivity contribution in [1.29, 1.82) is 0 Å². The summed E-state index contributed by atoms with van der Waals surface area (Å²) in [5, 5.41) is 3.35. The molecule has 0 saturated heterocycles. The van der Waals surface area contributed by atoms with E-state index in [4.69, 9.17) is 4.74 Å². The van der Waals surface area contributed by atoms with Gasteiger partial charge < -0.3 is 10.1 Å². The summed E-state index contributed by atoms with van der Waals surface area (Å²) in [7, 11) is 0. The smallest absolute Gasteiger partial charge is 0.160 e. The molecule has 0 aromatic carbocycles. The summed E-state index contributed by atoms with van der Waals surface area (Å²) in [6.45, 7) is 10.8. The Labute approximate surface area is 110 Å². The third kappa shape index (κ3) is 4.03. The van der Waals surface area contributed by atoms with Crippen LogP contribution in [-0.4, -0.2) is 23.1 Å². The van der Waals surface area contributed by atoms with Gasteiger partial charge in [0.1, 0.15) is 5.60 Å². The van der Waals surface area contributed by atoms with Crippen LogP contribution in [-0.2, 0) is 16.9 Å². The first-order valence-corrected chi connectivity index (χ1v) is 6.83. The third-order valence-electron chi connectivity index (χ3n) is 3.06. The van der Waals surface area contributed by atoms with Gasteiger partial charge in [-0.3, -0.25) is 0 Å². The maximum Gasteiger partial charge on any atom is 0.160 e. The van der Waals surface area contributed by atoms with Gasteiger partial charge in [-0.25, -0.2) is 9.97 Å². The van der Waals surface area contributed by atoms with Gasteiger partial charge in [-0.2, -0.15) is 0 Å². The minimum atomic E-state index is -0.379. The van der Waals surface area contributed by atoms with Crippen molar-refractivity contribution in [1.82, 2.24) is 15.3 Å². The highest BCUT2D eigenvalue weighted by molar-refractivity contribution is 5.07. The lowest BCUT2D eigenvalue weighted by Gasteiger charge is -2.26. The second kappa shape index (κ2) is 7.44. The van der Waals surface area contributed by atoms with Crippen LogP contribution in [0.25, 0.3) is 0 Å². The highest BCUT2D eigenvalue weighted by Gasteiger charge is 2.28. The Kier molecular flexibility index (Phi) is 6.22. The van der Waals surface area contributed by atoms with Crippen molar-refractivity contribution < 1.29 is 4.74 Å². The molecule has 4 nitrogen and oxygen atoms in total. The van der Waals surface area contributed by atoms with E-state index in [0.29, 0.717) is 6.61 Å². The minimum absolute atomic E-state index is 0.379. The quantitative estimate of drug-likeness (QED) is 0.722. The van der Waals surface area contributed by atoms with E-state index in [0.717, 1.165) is 37.4 Å². The van der Waals surface area contributed by atoms with E-state index in [1.807, 2.05) is 19.2 Å². The predicted molar refractivity (Wildman–Crippen MR) is 73.3 cm³/mol. The zero-order chi connectivity index (χ0) is 13.4. The lowest BCUT2D eigenvalue weighted by atomic mass is 10.0.